The molecular formula is C40H55NO6. The number of ether oxygens (including phenoxy) is 6. The second kappa shape index (κ2) is 13.3. The van der Waals surface area contributed by atoms with E-state index in [1.807, 2.05) is 7.11 Å². The van der Waals surface area contributed by atoms with Crippen LogP contribution in [0.2, 0.25) is 0 Å². The molecule has 5 aliphatic carbocycles. The zero-order valence-electron chi connectivity index (χ0n) is 28.7. The van der Waals surface area contributed by atoms with Crippen molar-refractivity contribution in [2.75, 3.05) is 60.3 Å². The maximum Gasteiger partial charge on any atom is 0.165 e. The first-order valence-electron chi connectivity index (χ1n) is 18.6. The topological polar surface area (TPSA) is 58.6 Å². The van der Waals surface area contributed by atoms with Crippen LogP contribution in [0, 0.1) is 17.3 Å². The Morgan fingerprint density at radius 2 is 1.72 bits per heavy atom. The number of rotatable bonds is 18. The van der Waals surface area contributed by atoms with E-state index in [1.165, 1.54) is 55.3 Å². The number of piperidine rings is 1. The Bertz CT molecular complexity index is 1380. The summed E-state index contributed by atoms with van der Waals surface area (Å²) in [6, 6.07) is 15.7. The third-order valence-corrected chi connectivity index (χ3v) is 13.1. The predicted molar refractivity (Wildman–Crippen MR) is 181 cm³/mol. The fourth-order valence-corrected chi connectivity index (χ4v) is 10.9. The van der Waals surface area contributed by atoms with Crippen molar-refractivity contribution in [2.24, 2.45) is 17.3 Å². The standard InChI is InChI=1S/C40H55NO6/c1-42-20-8-3-4-9-21-44-22-23-46-33-15-14-31-24-34-38-16-17-40(43-2,32(25-38)28-45-27-30-10-6-5-7-11-30)37-39(38,35(31)36(33)47-37)18-19-41(34)26-29-12-13-29/h5-7,10-11,14-15,29,32,34,37H,3-4,8-9,12-13,16-28H2,1-2H3/t32-,34?,37-,38-,39?,40-/m1/s1. The van der Waals surface area contributed by atoms with Crippen molar-refractivity contribution in [1.82, 2.24) is 4.90 Å². The second-order valence-electron chi connectivity index (χ2n) is 15.4. The molecule has 4 bridgehead atoms. The van der Waals surface area contributed by atoms with Crippen LogP contribution in [-0.2, 0) is 37.4 Å². The molecule has 0 amide bonds. The van der Waals surface area contributed by atoms with E-state index in [9.17, 15) is 0 Å². The minimum atomic E-state index is -0.376. The largest absolute Gasteiger partial charge is 0.487 e. The number of methoxy groups -OCH3 is 2. The third kappa shape index (κ3) is 5.34. The number of nitrogens with zero attached hydrogens (tertiary/aromatic N) is 1. The molecule has 4 saturated carbocycles. The van der Waals surface area contributed by atoms with Gasteiger partial charge < -0.3 is 28.4 Å². The van der Waals surface area contributed by atoms with Gasteiger partial charge in [0.05, 0.1) is 19.8 Å². The van der Waals surface area contributed by atoms with Crippen LogP contribution in [0.5, 0.6) is 11.5 Å². The van der Waals surface area contributed by atoms with E-state index in [-0.39, 0.29) is 28.5 Å². The molecule has 7 heteroatoms. The molecule has 7 aliphatic rings. The van der Waals surface area contributed by atoms with Crippen molar-refractivity contribution in [1.29, 1.82) is 0 Å². The fraction of sp³-hybridized carbons (Fsp3) is 0.700. The first-order chi connectivity index (χ1) is 23.1. The van der Waals surface area contributed by atoms with E-state index in [2.05, 4.69) is 47.4 Å². The van der Waals surface area contributed by atoms with Crippen LogP contribution in [0.4, 0.5) is 0 Å². The molecule has 1 saturated heterocycles. The van der Waals surface area contributed by atoms with Gasteiger partial charge in [-0.15, -0.1) is 0 Å². The van der Waals surface area contributed by atoms with Gasteiger partial charge in [0, 0.05) is 62.3 Å². The average Bonchev–Trinajstić information content (AvgIpc) is 3.84. The van der Waals surface area contributed by atoms with Crippen LogP contribution >= 0.6 is 0 Å². The van der Waals surface area contributed by atoms with Crippen molar-refractivity contribution < 1.29 is 28.4 Å². The molecular weight excluding hydrogens is 590 g/mol. The fourth-order valence-electron chi connectivity index (χ4n) is 10.9. The summed E-state index contributed by atoms with van der Waals surface area (Å²) in [5.74, 6) is 3.05. The van der Waals surface area contributed by atoms with Crippen LogP contribution in [0.25, 0.3) is 0 Å². The summed E-state index contributed by atoms with van der Waals surface area (Å²) < 4.78 is 38.2. The van der Waals surface area contributed by atoms with Crippen molar-refractivity contribution in [2.45, 2.75) is 100 Å². The van der Waals surface area contributed by atoms with Gasteiger partial charge in [-0.3, -0.25) is 4.90 Å². The Morgan fingerprint density at radius 1 is 0.872 bits per heavy atom. The minimum Gasteiger partial charge on any atom is -0.487 e. The number of unbranched alkanes of at least 4 members (excludes halogenated alkanes) is 3. The highest BCUT2D eigenvalue weighted by Crippen LogP contribution is 2.76. The van der Waals surface area contributed by atoms with Gasteiger partial charge in [-0.2, -0.15) is 0 Å². The predicted octanol–water partition coefficient (Wildman–Crippen LogP) is 6.73. The molecule has 2 heterocycles. The third-order valence-electron chi connectivity index (χ3n) is 13.1. The highest BCUT2D eigenvalue weighted by atomic mass is 16.6. The first kappa shape index (κ1) is 32.1. The van der Waals surface area contributed by atoms with Gasteiger partial charge >= 0.3 is 0 Å². The van der Waals surface area contributed by atoms with E-state index < -0.39 is 0 Å². The normalized spacial score (nSPS) is 33.1. The average molecular weight is 646 g/mol. The number of benzene rings is 2. The monoisotopic (exact) mass is 645 g/mol. The van der Waals surface area contributed by atoms with Crippen molar-refractivity contribution in [3.63, 3.8) is 0 Å². The molecule has 6 atom stereocenters. The highest BCUT2D eigenvalue weighted by molar-refractivity contribution is 5.63. The zero-order valence-corrected chi connectivity index (χ0v) is 28.7. The van der Waals surface area contributed by atoms with Crippen LogP contribution in [0.3, 0.4) is 0 Å². The van der Waals surface area contributed by atoms with Gasteiger partial charge in [-0.1, -0.05) is 49.2 Å². The number of fused-ring (bicyclic) bond motifs is 2. The Morgan fingerprint density at radius 3 is 2.53 bits per heavy atom. The molecule has 2 unspecified atom stereocenters. The van der Waals surface area contributed by atoms with E-state index >= 15 is 0 Å². The molecule has 5 fully saturated rings. The lowest BCUT2D eigenvalue weighted by Crippen LogP contribution is -2.81. The Labute approximate surface area is 281 Å². The van der Waals surface area contributed by atoms with Gasteiger partial charge in [0.1, 0.15) is 18.3 Å². The molecule has 0 N–H and O–H groups in total. The van der Waals surface area contributed by atoms with Crippen LogP contribution < -0.4 is 9.47 Å². The molecule has 47 heavy (non-hydrogen) atoms. The summed E-state index contributed by atoms with van der Waals surface area (Å²) in [5, 5.41) is 0. The summed E-state index contributed by atoms with van der Waals surface area (Å²) in [4.78, 5) is 2.91. The molecule has 2 aromatic carbocycles. The molecule has 2 aromatic rings. The maximum atomic E-state index is 7.32. The highest BCUT2D eigenvalue weighted by Gasteiger charge is 2.80. The SMILES string of the molecule is COCCCCCCOCCOc1ccc2c3c1O[C@@H]1C34CCN(CC3CC3)C(C2)[C@]42CC[C@@]1(OC)[C@@H](COCc1ccccc1)C2. The summed E-state index contributed by atoms with van der Waals surface area (Å²) in [6.45, 7) is 6.49. The van der Waals surface area contributed by atoms with Gasteiger partial charge in [0.15, 0.2) is 11.5 Å². The Balaban J connectivity index is 1.04. The zero-order chi connectivity index (χ0) is 31.9. The molecule has 0 radical (unpaired) electrons. The Kier molecular flexibility index (Phi) is 9.06. The lowest BCUT2D eigenvalue weighted by atomic mass is 9.35. The Hall–Kier alpha value is -2.16. The lowest BCUT2D eigenvalue weighted by molar-refractivity contribution is -0.283. The van der Waals surface area contributed by atoms with Gasteiger partial charge in [0.2, 0.25) is 0 Å². The van der Waals surface area contributed by atoms with Crippen molar-refractivity contribution in [3.8, 4) is 11.5 Å². The minimum absolute atomic E-state index is 0.0217. The van der Waals surface area contributed by atoms with Crippen LogP contribution in [-0.4, -0.2) is 83.0 Å². The van der Waals surface area contributed by atoms with Gasteiger partial charge in [-0.25, -0.2) is 0 Å². The van der Waals surface area contributed by atoms with E-state index in [0.29, 0.717) is 32.5 Å². The quantitative estimate of drug-likeness (QED) is 0.167. The molecule has 0 aromatic heterocycles. The number of likely N-dealkylation sites (tertiary alicyclic amines) is 1. The summed E-state index contributed by atoms with van der Waals surface area (Å²) >= 11 is 0. The molecule has 7 nitrogen and oxygen atoms in total. The summed E-state index contributed by atoms with van der Waals surface area (Å²) in [5.41, 5.74) is 3.91. The molecule has 2 spiro atoms. The van der Waals surface area contributed by atoms with Crippen LogP contribution in [0.15, 0.2) is 42.5 Å². The summed E-state index contributed by atoms with van der Waals surface area (Å²) in [6.07, 6.45) is 13.0. The van der Waals surface area contributed by atoms with Gasteiger partial charge in [0.25, 0.3) is 0 Å². The number of hydrogen-bond acceptors (Lipinski definition) is 7. The second-order valence-corrected chi connectivity index (χ2v) is 15.4. The van der Waals surface area contributed by atoms with Crippen LogP contribution in [0.1, 0.15) is 80.9 Å². The van der Waals surface area contributed by atoms with Crippen molar-refractivity contribution >= 4 is 0 Å². The maximum absolute atomic E-state index is 7.32. The van der Waals surface area contributed by atoms with E-state index in [1.54, 1.807) is 7.11 Å². The molecule has 256 valence electrons. The van der Waals surface area contributed by atoms with E-state index in [0.717, 1.165) is 75.7 Å². The molecule has 2 aliphatic heterocycles. The molecule has 9 rings (SSSR count). The smallest absolute Gasteiger partial charge is 0.165 e. The summed E-state index contributed by atoms with van der Waals surface area (Å²) in [7, 11) is 3.70. The first-order valence-corrected chi connectivity index (χ1v) is 18.6. The van der Waals surface area contributed by atoms with Crippen molar-refractivity contribution in [3.05, 3.63) is 59.2 Å². The number of hydrogen-bond donors (Lipinski definition) is 0. The van der Waals surface area contributed by atoms with Gasteiger partial charge in [-0.05, 0) is 87.4 Å². The lowest BCUT2D eigenvalue weighted by Gasteiger charge is -2.74. The van der Waals surface area contributed by atoms with E-state index in [4.69, 9.17) is 28.4 Å².